The van der Waals surface area contributed by atoms with Gasteiger partial charge in [-0.25, -0.2) is 4.79 Å². The zero-order valence-corrected chi connectivity index (χ0v) is 11.4. The van der Waals surface area contributed by atoms with E-state index < -0.39 is 11.4 Å². The molecule has 4 nitrogen and oxygen atoms in total. The van der Waals surface area contributed by atoms with E-state index in [-0.39, 0.29) is 11.9 Å². The molecular formula is C14H22O4. The lowest BCUT2D eigenvalue weighted by atomic mass is 9.74. The molecule has 0 amide bonds. The van der Waals surface area contributed by atoms with E-state index >= 15 is 0 Å². The van der Waals surface area contributed by atoms with Gasteiger partial charge in [-0.05, 0) is 26.2 Å². The molecule has 0 aromatic rings. The van der Waals surface area contributed by atoms with Gasteiger partial charge in [0.25, 0.3) is 0 Å². The molecule has 1 rings (SSSR count). The molecular weight excluding hydrogens is 232 g/mol. The Balaban J connectivity index is 2.88. The number of allylic oxidation sites excluding steroid dienone is 1. The predicted octanol–water partition coefficient (Wildman–Crippen LogP) is 2.78. The largest absolute Gasteiger partial charge is 0.478 e. The lowest BCUT2D eigenvalue weighted by Crippen LogP contribution is -2.36. The van der Waals surface area contributed by atoms with Crippen molar-refractivity contribution < 1.29 is 19.4 Å². The first-order valence-corrected chi connectivity index (χ1v) is 6.57. The van der Waals surface area contributed by atoms with Gasteiger partial charge in [0.2, 0.25) is 0 Å². The van der Waals surface area contributed by atoms with E-state index in [0.29, 0.717) is 25.0 Å². The topological polar surface area (TPSA) is 63.6 Å². The van der Waals surface area contributed by atoms with Crippen LogP contribution in [0.2, 0.25) is 0 Å². The van der Waals surface area contributed by atoms with Crippen molar-refractivity contribution >= 4 is 11.9 Å². The van der Waals surface area contributed by atoms with Gasteiger partial charge in [-0.2, -0.15) is 0 Å². The smallest absolute Gasteiger partial charge is 0.331 e. The van der Waals surface area contributed by atoms with Gasteiger partial charge in [-0.1, -0.05) is 26.3 Å². The number of aliphatic carboxylic acids is 1. The molecule has 0 saturated heterocycles. The SMILES string of the molecule is CCCOC(=O)C1(C)CC=C(C(=O)O)C1CCC. The Hall–Kier alpha value is -1.32. The first kappa shape index (κ1) is 14.7. The summed E-state index contributed by atoms with van der Waals surface area (Å²) in [7, 11) is 0. The quantitative estimate of drug-likeness (QED) is 0.740. The zero-order valence-electron chi connectivity index (χ0n) is 11.4. The van der Waals surface area contributed by atoms with Crippen LogP contribution >= 0.6 is 0 Å². The Kier molecular flexibility index (Phi) is 4.93. The molecule has 0 bridgehead atoms. The van der Waals surface area contributed by atoms with Crippen molar-refractivity contribution in [1.82, 2.24) is 0 Å². The van der Waals surface area contributed by atoms with Crippen molar-refractivity contribution in [2.75, 3.05) is 6.61 Å². The van der Waals surface area contributed by atoms with Gasteiger partial charge in [-0.15, -0.1) is 0 Å². The number of carboxylic acid groups (broad SMARTS) is 1. The molecule has 0 aromatic carbocycles. The predicted molar refractivity (Wildman–Crippen MR) is 68.1 cm³/mol. The van der Waals surface area contributed by atoms with Crippen molar-refractivity contribution in [2.45, 2.75) is 46.5 Å². The highest BCUT2D eigenvalue weighted by atomic mass is 16.5. The number of ether oxygens (including phenoxy) is 1. The van der Waals surface area contributed by atoms with E-state index in [1.807, 2.05) is 20.8 Å². The normalized spacial score (nSPS) is 26.8. The molecule has 0 fully saturated rings. The second-order valence-electron chi connectivity index (χ2n) is 5.06. The summed E-state index contributed by atoms with van der Waals surface area (Å²) >= 11 is 0. The molecule has 1 aliphatic carbocycles. The summed E-state index contributed by atoms with van der Waals surface area (Å²) < 4.78 is 5.22. The van der Waals surface area contributed by atoms with Crippen LogP contribution in [0.25, 0.3) is 0 Å². The van der Waals surface area contributed by atoms with Gasteiger partial charge in [0.05, 0.1) is 12.0 Å². The van der Waals surface area contributed by atoms with Crippen molar-refractivity contribution in [1.29, 1.82) is 0 Å². The van der Waals surface area contributed by atoms with Crippen LogP contribution in [0.15, 0.2) is 11.6 Å². The third-order valence-electron chi connectivity index (χ3n) is 3.62. The maximum absolute atomic E-state index is 12.1. The fraction of sp³-hybridized carbons (Fsp3) is 0.714. The summed E-state index contributed by atoms with van der Waals surface area (Å²) in [6, 6.07) is 0. The van der Waals surface area contributed by atoms with E-state index in [1.165, 1.54) is 0 Å². The molecule has 1 aliphatic rings. The van der Waals surface area contributed by atoms with Gasteiger partial charge in [0.1, 0.15) is 0 Å². The molecule has 0 aliphatic heterocycles. The average Bonchev–Trinajstić information content (AvgIpc) is 2.66. The van der Waals surface area contributed by atoms with E-state index in [9.17, 15) is 14.7 Å². The van der Waals surface area contributed by atoms with Crippen LogP contribution in [0.3, 0.4) is 0 Å². The summed E-state index contributed by atoms with van der Waals surface area (Å²) in [6.07, 6.45) is 4.47. The third kappa shape index (κ3) is 2.74. The Morgan fingerprint density at radius 2 is 2.11 bits per heavy atom. The van der Waals surface area contributed by atoms with Crippen LogP contribution in [0, 0.1) is 11.3 Å². The lowest BCUT2D eigenvalue weighted by molar-refractivity contribution is -0.157. The third-order valence-corrected chi connectivity index (χ3v) is 3.62. The first-order valence-electron chi connectivity index (χ1n) is 6.57. The Bertz CT molecular complexity index is 359. The van der Waals surface area contributed by atoms with Crippen LogP contribution < -0.4 is 0 Å². The van der Waals surface area contributed by atoms with Crippen molar-refractivity contribution in [3.63, 3.8) is 0 Å². The monoisotopic (exact) mass is 254 g/mol. The maximum atomic E-state index is 12.1. The molecule has 0 saturated carbocycles. The Morgan fingerprint density at radius 1 is 1.44 bits per heavy atom. The number of rotatable bonds is 6. The number of carboxylic acids is 1. The summed E-state index contributed by atoms with van der Waals surface area (Å²) in [5.41, 5.74) is -0.341. The summed E-state index contributed by atoms with van der Waals surface area (Å²) in [4.78, 5) is 23.3. The van der Waals surface area contributed by atoms with Crippen LogP contribution in [0.1, 0.15) is 46.5 Å². The van der Waals surface area contributed by atoms with E-state index in [4.69, 9.17) is 4.74 Å². The Labute approximate surface area is 108 Å². The van der Waals surface area contributed by atoms with Crippen LogP contribution in [0.5, 0.6) is 0 Å². The standard InChI is InChI=1S/C14H22O4/c1-4-6-11-10(12(15)16)7-8-14(11,3)13(17)18-9-5-2/h7,11H,4-6,8-9H2,1-3H3,(H,15,16). The fourth-order valence-electron chi connectivity index (χ4n) is 2.53. The summed E-state index contributed by atoms with van der Waals surface area (Å²) in [5.74, 6) is -1.42. The zero-order chi connectivity index (χ0) is 13.8. The number of hydrogen-bond acceptors (Lipinski definition) is 3. The molecule has 0 radical (unpaired) electrons. The van der Waals surface area contributed by atoms with Crippen LogP contribution in [-0.4, -0.2) is 23.7 Å². The highest BCUT2D eigenvalue weighted by Gasteiger charge is 2.48. The highest BCUT2D eigenvalue weighted by Crippen LogP contribution is 2.46. The Morgan fingerprint density at radius 3 is 2.61 bits per heavy atom. The molecule has 18 heavy (non-hydrogen) atoms. The lowest BCUT2D eigenvalue weighted by Gasteiger charge is -2.30. The highest BCUT2D eigenvalue weighted by molar-refractivity contribution is 5.91. The minimum Gasteiger partial charge on any atom is -0.478 e. The first-order chi connectivity index (χ1) is 8.47. The van der Waals surface area contributed by atoms with Gasteiger partial charge in [-0.3, -0.25) is 4.79 Å². The summed E-state index contributed by atoms with van der Waals surface area (Å²) in [5, 5.41) is 9.18. The minimum absolute atomic E-state index is 0.232. The molecule has 0 heterocycles. The summed E-state index contributed by atoms with van der Waals surface area (Å²) in [6.45, 7) is 6.15. The van der Waals surface area contributed by atoms with Crippen molar-refractivity contribution in [3.8, 4) is 0 Å². The van der Waals surface area contributed by atoms with Crippen LogP contribution in [-0.2, 0) is 14.3 Å². The molecule has 0 spiro atoms. The van der Waals surface area contributed by atoms with E-state index in [0.717, 1.165) is 12.8 Å². The molecule has 102 valence electrons. The van der Waals surface area contributed by atoms with Crippen molar-refractivity contribution in [3.05, 3.63) is 11.6 Å². The molecule has 4 heteroatoms. The number of esters is 1. The average molecular weight is 254 g/mol. The van der Waals surface area contributed by atoms with Gasteiger partial charge < -0.3 is 9.84 Å². The number of carbonyl (C=O) groups is 2. The van der Waals surface area contributed by atoms with Gasteiger partial charge >= 0.3 is 11.9 Å². The van der Waals surface area contributed by atoms with E-state index in [1.54, 1.807) is 6.08 Å². The van der Waals surface area contributed by atoms with Crippen molar-refractivity contribution in [2.24, 2.45) is 11.3 Å². The maximum Gasteiger partial charge on any atom is 0.331 e. The number of carbonyl (C=O) groups excluding carboxylic acids is 1. The molecule has 1 N–H and O–H groups in total. The van der Waals surface area contributed by atoms with E-state index in [2.05, 4.69) is 0 Å². The number of hydrogen-bond donors (Lipinski definition) is 1. The second kappa shape index (κ2) is 6.03. The molecule has 2 atom stereocenters. The molecule has 0 aromatic heterocycles. The van der Waals surface area contributed by atoms with Gasteiger partial charge in [0.15, 0.2) is 0 Å². The molecule has 2 unspecified atom stereocenters. The second-order valence-corrected chi connectivity index (χ2v) is 5.06. The fourth-order valence-corrected chi connectivity index (χ4v) is 2.53. The minimum atomic E-state index is -0.916. The van der Waals surface area contributed by atoms with Crippen LogP contribution in [0.4, 0.5) is 0 Å². The van der Waals surface area contributed by atoms with Gasteiger partial charge in [0, 0.05) is 11.5 Å².